The fourth-order valence-corrected chi connectivity index (χ4v) is 14.5. The van der Waals surface area contributed by atoms with Gasteiger partial charge in [-0.2, -0.15) is 12.9 Å². The number of rotatable bonds is 11. The first-order valence-corrected chi connectivity index (χ1v) is 31.0. The number of fused-ring (bicyclic) bond motifs is 6. The van der Waals surface area contributed by atoms with Crippen LogP contribution in [0, 0.1) is 0 Å². The van der Waals surface area contributed by atoms with Crippen molar-refractivity contribution < 1.29 is 68.7 Å². The minimum absolute atomic E-state index is 0.156. The second kappa shape index (κ2) is 23.4. The Balaban J connectivity index is 0.000000125. The minimum atomic E-state index is -3.72. The second-order valence-corrected chi connectivity index (χ2v) is 25.9. The van der Waals surface area contributed by atoms with Gasteiger partial charge in [0.1, 0.15) is 57.5 Å². The monoisotopic (exact) mass is 1190 g/mol. The van der Waals surface area contributed by atoms with Crippen LogP contribution in [0.2, 0.25) is 0 Å². The van der Waals surface area contributed by atoms with Gasteiger partial charge in [0.25, 0.3) is 0 Å². The molecule has 21 nitrogen and oxygen atoms in total. The Hall–Kier alpha value is -8.33. The molecule has 5 aromatic carbocycles. The molecule has 14 rings (SSSR count). The minimum Gasteiger partial charge on any atom is -0.486 e. The van der Waals surface area contributed by atoms with Crippen LogP contribution < -0.4 is 28.4 Å². The van der Waals surface area contributed by atoms with Gasteiger partial charge in [-0.05, 0) is 99.1 Å². The molecule has 6 aliphatic heterocycles. The Morgan fingerprint density at radius 3 is 1.04 bits per heavy atom. The number of carbonyl (C=O) groups excluding carboxylic acids is 1. The summed E-state index contributed by atoms with van der Waals surface area (Å²) >= 11 is 0. The number of aldehydes is 1. The molecule has 0 fully saturated rings. The lowest BCUT2D eigenvalue weighted by Crippen LogP contribution is -2.26. The number of ether oxygens (including phenoxy) is 6. The van der Waals surface area contributed by atoms with Crippen molar-refractivity contribution in [2.45, 2.75) is 66.2 Å². The normalized spacial score (nSPS) is 16.8. The van der Waals surface area contributed by atoms with Crippen LogP contribution in [-0.2, 0) is 69.3 Å². The van der Waals surface area contributed by atoms with E-state index >= 15 is 0 Å². The molecule has 0 spiro atoms. The molecule has 0 saturated heterocycles. The molecule has 9 heterocycles. The molecule has 0 saturated carbocycles. The molecule has 0 radical (unpaired) electrons. The molecular formula is C60H54N6O15S3. The van der Waals surface area contributed by atoms with Crippen LogP contribution in [0.4, 0.5) is 0 Å². The van der Waals surface area contributed by atoms with Crippen molar-refractivity contribution in [1.82, 2.24) is 27.9 Å². The largest absolute Gasteiger partial charge is 0.486 e. The third-order valence-electron chi connectivity index (χ3n) is 14.8. The lowest BCUT2D eigenvalue weighted by atomic mass is 10.0. The van der Waals surface area contributed by atoms with Gasteiger partial charge in [-0.15, -0.1) is 0 Å². The first kappa shape index (κ1) is 56.2. The smallest absolute Gasteiger partial charge is 0.243 e. The number of aliphatic hydroxyl groups is 2. The molecule has 0 unspecified atom stereocenters. The number of aliphatic hydroxyl groups excluding tert-OH is 2. The molecule has 3 aromatic heterocycles. The number of pyridine rings is 3. The average molecular weight is 1200 g/mol. The van der Waals surface area contributed by atoms with Crippen molar-refractivity contribution in [3.63, 3.8) is 0 Å². The molecule has 84 heavy (non-hydrogen) atoms. The third kappa shape index (κ3) is 11.4. The summed E-state index contributed by atoms with van der Waals surface area (Å²) in [7, 11) is -11.1. The first-order valence-electron chi connectivity index (χ1n) is 26.7. The SMILES string of the molecule is O=Cc1cc2c(cn1)CN(S(=O)(=O)c1ccc3c(c1)OCCO3)C2.O=S(=O)(c1ccc2c(c1)OCCO2)N1Cc2cnc([C@@H](O)c3ccccc3)cc2C1.O=S(=O)(c1ccc2c(c1)OCCO2)N1Cc2cnc([C@H](O)c3ccccc3)cc2C1. The third-order valence-corrected chi connectivity index (χ3v) is 20.1. The van der Waals surface area contributed by atoms with Gasteiger partial charge in [0, 0.05) is 76.1 Å². The van der Waals surface area contributed by atoms with E-state index in [9.17, 15) is 40.3 Å². The van der Waals surface area contributed by atoms with Crippen molar-refractivity contribution in [2.24, 2.45) is 0 Å². The Bertz CT molecular complexity index is 3970. The zero-order chi connectivity index (χ0) is 58.2. The van der Waals surface area contributed by atoms with Crippen LogP contribution in [0.3, 0.4) is 0 Å². The summed E-state index contributed by atoms with van der Waals surface area (Å²) in [4.78, 5) is 24.0. The van der Waals surface area contributed by atoms with Gasteiger partial charge in [0.15, 0.2) is 40.8 Å². The maximum absolute atomic E-state index is 13.2. The van der Waals surface area contributed by atoms with Crippen LogP contribution in [0.25, 0.3) is 0 Å². The van der Waals surface area contributed by atoms with E-state index in [4.69, 9.17) is 28.4 Å². The predicted molar refractivity (Wildman–Crippen MR) is 301 cm³/mol. The van der Waals surface area contributed by atoms with E-state index in [1.54, 1.807) is 55.0 Å². The molecule has 0 amide bonds. The summed E-state index contributed by atoms with van der Waals surface area (Å²) in [5, 5.41) is 21.2. The van der Waals surface area contributed by atoms with Gasteiger partial charge in [-0.25, -0.2) is 25.3 Å². The molecule has 2 N–H and O–H groups in total. The summed E-state index contributed by atoms with van der Waals surface area (Å²) in [5.41, 5.74) is 7.74. The highest BCUT2D eigenvalue weighted by Crippen LogP contribution is 2.39. The summed E-state index contributed by atoms with van der Waals surface area (Å²) in [6, 6.07) is 37.7. The van der Waals surface area contributed by atoms with Crippen LogP contribution in [0.1, 0.15) is 78.6 Å². The highest BCUT2D eigenvalue weighted by Gasteiger charge is 2.36. The average Bonchev–Trinajstić information content (AvgIpc) is 4.22. The van der Waals surface area contributed by atoms with Gasteiger partial charge < -0.3 is 38.6 Å². The van der Waals surface area contributed by atoms with Crippen molar-refractivity contribution in [1.29, 1.82) is 0 Å². The maximum atomic E-state index is 13.2. The molecule has 0 aliphatic carbocycles. The lowest BCUT2D eigenvalue weighted by Gasteiger charge is -2.20. The number of aromatic nitrogens is 3. The van der Waals surface area contributed by atoms with Crippen LogP contribution in [-0.4, -0.2) is 109 Å². The van der Waals surface area contributed by atoms with Crippen molar-refractivity contribution >= 4 is 36.4 Å². The summed E-state index contributed by atoms with van der Waals surface area (Å²) < 4.78 is 116. The molecular weight excluding hydrogens is 1140 g/mol. The molecule has 6 aliphatic rings. The van der Waals surface area contributed by atoms with E-state index in [0.717, 1.165) is 44.5 Å². The Morgan fingerprint density at radius 2 is 0.690 bits per heavy atom. The topological polar surface area (TPSA) is 264 Å². The van der Waals surface area contributed by atoms with Crippen molar-refractivity contribution in [3.05, 3.63) is 214 Å². The molecule has 24 heteroatoms. The first-order chi connectivity index (χ1) is 40.6. The fourth-order valence-electron chi connectivity index (χ4n) is 10.3. The number of benzene rings is 5. The van der Waals surface area contributed by atoms with E-state index in [0.29, 0.717) is 97.5 Å². The second-order valence-electron chi connectivity index (χ2n) is 20.1. The number of sulfonamides is 3. The molecule has 8 aromatic rings. The van der Waals surface area contributed by atoms with E-state index in [1.807, 2.05) is 60.7 Å². The Kier molecular flexibility index (Phi) is 15.6. The van der Waals surface area contributed by atoms with E-state index < -0.39 is 42.3 Å². The molecule has 2 atom stereocenters. The van der Waals surface area contributed by atoms with Crippen LogP contribution >= 0.6 is 0 Å². The van der Waals surface area contributed by atoms with E-state index in [1.165, 1.54) is 49.3 Å². The van der Waals surface area contributed by atoms with Gasteiger partial charge in [-0.3, -0.25) is 19.7 Å². The zero-order valence-electron chi connectivity index (χ0n) is 44.8. The quantitative estimate of drug-likeness (QED) is 0.128. The molecule has 0 bridgehead atoms. The van der Waals surface area contributed by atoms with E-state index in [-0.39, 0.29) is 54.0 Å². The van der Waals surface area contributed by atoms with Crippen LogP contribution in [0.5, 0.6) is 34.5 Å². The van der Waals surface area contributed by atoms with E-state index in [2.05, 4.69) is 15.0 Å². The van der Waals surface area contributed by atoms with Gasteiger partial charge >= 0.3 is 0 Å². The number of carbonyl (C=O) groups is 1. The van der Waals surface area contributed by atoms with Gasteiger partial charge in [0.2, 0.25) is 30.1 Å². The van der Waals surface area contributed by atoms with Crippen molar-refractivity contribution in [3.8, 4) is 34.5 Å². The number of hydrogen-bond acceptors (Lipinski definition) is 18. The van der Waals surface area contributed by atoms with Gasteiger partial charge in [0.05, 0.1) is 26.1 Å². The summed E-state index contributed by atoms with van der Waals surface area (Å²) in [6.45, 7) is 3.91. The van der Waals surface area contributed by atoms with Gasteiger partial charge in [-0.1, -0.05) is 60.7 Å². The Labute approximate surface area is 484 Å². The summed E-state index contributed by atoms with van der Waals surface area (Å²) in [6.07, 6.45) is 3.78. The highest BCUT2D eigenvalue weighted by molar-refractivity contribution is 7.89. The maximum Gasteiger partial charge on any atom is 0.243 e. The fraction of sp³-hybridized carbons (Fsp3) is 0.233. The summed E-state index contributed by atoms with van der Waals surface area (Å²) in [5.74, 6) is 2.96. The van der Waals surface area contributed by atoms with Crippen molar-refractivity contribution in [2.75, 3.05) is 39.6 Å². The Morgan fingerprint density at radius 1 is 0.381 bits per heavy atom. The lowest BCUT2D eigenvalue weighted by molar-refractivity contribution is 0.111. The predicted octanol–water partition coefficient (Wildman–Crippen LogP) is 6.65. The standard InChI is InChI=1S/2C22H20N2O5S.C16H14N2O5S/c2*25-22(15-4-2-1-3-5-15)19-10-16-13-24(14-17(16)12-23-19)30(26,27)18-6-7-20-21(11-18)29-9-8-28-20;19-10-13-5-11-8-18(9-12(11)7-17-13)24(20,21)14-1-2-15-16(6-14)23-4-3-22-15/h2*1-7,10-12,22,25H,8-9,13-14H2;1-2,5-7,10H,3-4,8-9H2/t2*22-;/m10./s1. The number of nitrogens with zero attached hydrogens (tertiary/aromatic N) is 6. The highest BCUT2D eigenvalue weighted by atomic mass is 32.2. The van der Waals surface area contributed by atoms with Crippen LogP contribution in [0.15, 0.2) is 167 Å². The molecule has 432 valence electrons. The number of hydrogen-bond donors (Lipinski definition) is 2. The zero-order valence-corrected chi connectivity index (χ0v) is 47.2.